The zero-order valence-corrected chi connectivity index (χ0v) is 27.5. The van der Waals surface area contributed by atoms with Crippen molar-refractivity contribution in [1.82, 2.24) is 29.1 Å². The fraction of sp³-hybridized carbons (Fsp3) is 0.273. The van der Waals surface area contributed by atoms with Crippen LogP contribution in [0.1, 0.15) is 58.1 Å². The molecule has 7 rings (SSSR count). The molecule has 46 heavy (non-hydrogen) atoms. The molecule has 3 aromatic carbocycles. The van der Waals surface area contributed by atoms with Gasteiger partial charge in [-0.1, -0.05) is 64.5 Å². The van der Waals surface area contributed by atoms with Gasteiger partial charge in [0.25, 0.3) is 0 Å². The Hall–Kier alpha value is -3.88. The zero-order chi connectivity index (χ0) is 32.3. The van der Waals surface area contributed by atoms with Crippen molar-refractivity contribution in [3.63, 3.8) is 0 Å². The Morgan fingerprint density at radius 3 is 2.67 bits per heavy atom. The summed E-state index contributed by atoms with van der Waals surface area (Å²) in [6.07, 6.45) is 4.60. The number of rotatable bonds is 7. The number of hydrogen-bond acceptors (Lipinski definition) is 7. The minimum atomic E-state index is -3.38. The molecular formula is C33H32BrFN6O4S. The Morgan fingerprint density at radius 1 is 1.11 bits per heavy atom. The molecule has 0 bridgehead atoms. The van der Waals surface area contributed by atoms with E-state index in [4.69, 9.17) is 0 Å². The first kappa shape index (κ1) is 30.8. The van der Waals surface area contributed by atoms with Crippen molar-refractivity contribution in [1.29, 1.82) is 0 Å². The molecule has 238 valence electrons. The molecule has 13 heteroatoms. The first-order chi connectivity index (χ1) is 22.0. The molecule has 0 spiro atoms. The van der Waals surface area contributed by atoms with Crippen LogP contribution in [0.5, 0.6) is 0 Å². The summed E-state index contributed by atoms with van der Waals surface area (Å²) in [5, 5.41) is 22.7. The standard InChI is InChI=1S/C33H32BrFN6O4S/c1-19-11-21-9-10-23(34)13-30(21)46(44,45)40(16-19)17-22-6-4-8-25(31(22)35)20-5-3-7-24(12-20)41-32(28(15-36-41)33(42)43)27-14-26(27)29-18-39(2)38-37-29/h3-10,12-13,15,18-19,26-27,44-45H,11,14,16-17H2,1-2H3,(H,42,43)/t19-,26+,27+/m0/s1. The van der Waals surface area contributed by atoms with E-state index in [1.54, 1.807) is 63.2 Å². The van der Waals surface area contributed by atoms with Crippen LogP contribution in [-0.4, -0.2) is 55.8 Å². The summed E-state index contributed by atoms with van der Waals surface area (Å²) in [7, 11) is -1.59. The molecule has 1 aliphatic heterocycles. The van der Waals surface area contributed by atoms with Gasteiger partial charge in [-0.2, -0.15) is 9.40 Å². The quantitative estimate of drug-likeness (QED) is 0.161. The number of fused-ring (bicyclic) bond motifs is 1. The highest BCUT2D eigenvalue weighted by atomic mass is 79.9. The van der Waals surface area contributed by atoms with Gasteiger partial charge in [0.05, 0.1) is 28.2 Å². The van der Waals surface area contributed by atoms with Gasteiger partial charge in [-0.3, -0.25) is 13.8 Å². The van der Waals surface area contributed by atoms with E-state index < -0.39 is 22.6 Å². The summed E-state index contributed by atoms with van der Waals surface area (Å²) in [6, 6.07) is 17.8. The number of carboxylic acids is 1. The van der Waals surface area contributed by atoms with Crippen molar-refractivity contribution in [3.8, 4) is 16.8 Å². The van der Waals surface area contributed by atoms with Crippen molar-refractivity contribution in [2.75, 3.05) is 6.54 Å². The first-order valence-electron chi connectivity index (χ1n) is 14.9. The predicted octanol–water partition coefficient (Wildman–Crippen LogP) is 7.26. The summed E-state index contributed by atoms with van der Waals surface area (Å²) in [5.41, 5.74) is 4.24. The molecule has 2 aliphatic rings. The van der Waals surface area contributed by atoms with Gasteiger partial charge in [-0.25, -0.2) is 13.9 Å². The highest BCUT2D eigenvalue weighted by molar-refractivity contribution is 9.10. The number of carboxylic acid groups (broad SMARTS) is 1. The summed E-state index contributed by atoms with van der Waals surface area (Å²) in [6.45, 7) is 2.45. The highest BCUT2D eigenvalue weighted by Crippen LogP contribution is 2.57. The van der Waals surface area contributed by atoms with E-state index in [2.05, 4.69) is 31.3 Å². The summed E-state index contributed by atoms with van der Waals surface area (Å²) < 4.78 is 44.9. The maximum Gasteiger partial charge on any atom is 0.339 e. The summed E-state index contributed by atoms with van der Waals surface area (Å²) in [4.78, 5) is 12.6. The summed E-state index contributed by atoms with van der Waals surface area (Å²) in [5.74, 6) is -1.48. The number of nitrogens with zero attached hydrogens (tertiary/aromatic N) is 6. The molecule has 3 N–H and O–H groups in total. The molecule has 0 unspecified atom stereocenters. The molecule has 0 radical (unpaired) electrons. The van der Waals surface area contributed by atoms with Crippen LogP contribution < -0.4 is 0 Å². The molecule has 1 aliphatic carbocycles. The van der Waals surface area contributed by atoms with E-state index in [0.717, 1.165) is 22.2 Å². The molecule has 10 nitrogen and oxygen atoms in total. The lowest BCUT2D eigenvalue weighted by atomic mass is 10.00. The lowest BCUT2D eigenvalue weighted by Gasteiger charge is -2.43. The van der Waals surface area contributed by atoms with Crippen molar-refractivity contribution in [2.45, 2.75) is 43.0 Å². The molecule has 3 heterocycles. The average Bonchev–Trinajstić information content (AvgIpc) is 3.49. The van der Waals surface area contributed by atoms with Crippen LogP contribution in [0.15, 0.2) is 82.4 Å². The van der Waals surface area contributed by atoms with E-state index in [-0.39, 0.29) is 29.9 Å². The van der Waals surface area contributed by atoms with Crippen LogP contribution in [0.4, 0.5) is 4.39 Å². The van der Waals surface area contributed by atoms with Gasteiger partial charge in [0.2, 0.25) is 0 Å². The Balaban J connectivity index is 1.21. The van der Waals surface area contributed by atoms with Gasteiger partial charge in [-0.15, -0.1) is 15.9 Å². The van der Waals surface area contributed by atoms with Crippen LogP contribution in [0, 0.1) is 11.7 Å². The first-order valence-corrected chi connectivity index (χ1v) is 17.2. The van der Waals surface area contributed by atoms with Crippen molar-refractivity contribution < 1.29 is 23.4 Å². The fourth-order valence-electron chi connectivity index (χ4n) is 6.50. The van der Waals surface area contributed by atoms with E-state index in [0.29, 0.717) is 45.9 Å². The van der Waals surface area contributed by atoms with Crippen LogP contribution in [0.3, 0.4) is 0 Å². The predicted molar refractivity (Wildman–Crippen MR) is 176 cm³/mol. The van der Waals surface area contributed by atoms with Gasteiger partial charge < -0.3 is 5.11 Å². The minimum Gasteiger partial charge on any atom is -0.478 e. The molecule has 1 fully saturated rings. The topological polar surface area (TPSA) is 130 Å². The lowest BCUT2D eigenvalue weighted by molar-refractivity contribution is 0.0695. The van der Waals surface area contributed by atoms with Crippen LogP contribution in [0.2, 0.25) is 0 Å². The Bertz CT molecular complexity index is 1980. The highest BCUT2D eigenvalue weighted by Gasteiger charge is 2.46. The lowest BCUT2D eigenvalue weighted by Crippen LogP contribution is -2.30. The Kier molecular flexibility index (Phi) is 7.84. The van der Waals surface area contributed by atoms with Crippen LogP contribution >= 0.6 is 26.7 Å². The number of carbonyl (C=O) groups is 1. The van der Waals surface area contributed by atoms with Gasteiger partial charge in [0.15, 0.2) is 0 Å². The third kappa shape index (κ3) is 5.56. The Labute approximate surface area is 275 Å². The number of aromatic nitrogens is 5. The third-order valence-corrected chi connectivity index (χ3v) is 11.2. The monoisotopic (exact) mass is 706 g/mol. The second-order valence-electron chi connectivity index (χ2n) is 12.2. The maximum absolute atomic E-state index is 16.3. The van der Waals surface area contributed by atoms with E-state index in [1.165, 1.54) is 6.20 Å². The molecule has 0 amide bonds. The number of benzene rings is 3. The van der Waals surface area contributed by atoms with Crippen molar-refractivity contribution in [2.24, 2.45) is 13.0 Å². The van der Waals surface area contributed by atoms with Gasteiger partial charge >= 0.3 is 5.97 Å². The zero-order valence-electron chi connectivity index (χ0n) is 25.1. The molecule has 0 saturated heterocycles. The minimum absolute atomic E-state index is 0.00864. The average molecular weight is 708 g/mol. The molecule has 5 aromatic rings. The number of aryl methyl sites for hydroxylation is 1. The number of halogens is 2. The largest absolute Gasteiger partial charge is 0.478 e. The molecule has 1 saturated carbocycles. The second-order valence-corrected chi connectivity index (χ2v) is 15.1. The summed E-state index contributed by atoms with van der Waals surface area (Å²) >= 11 is 3.45. The molecular weight excluding hydrogens is 675 g/mol. The van der Waals surface area contributed by atoms with Gasteiger partial charge in [0.1, 0.15) is 11.4 Å². The third-order valence-electron chi connectivity index (χ3n) is 8.77. The maximum atomic E-state index is 16.3. The molecule has 2 aromatic heterocycles. The second kappa shape index (κ2) is 11.7. The molecule has 3 atom stereocenters. The Morgan fingerprint density at radius 2 is 1.91 bits per heavy atom. The van der Waals surface area contributed by atoms with Gasteiger partial charge in [0, 0.05) is 53.8 Å². The van der Waals surface area contributed by atoms with E-state index in [9.17, 15) is 19.0 Å². The fourth-order valence-corrected chi connectivity index (χ4v) is 8.86. The van der Waals surface area contributed by atoms with E-state index >= 15 is 4.39 Å². The number of hydrogen-bond donors (Lipinski definition) is 3. The van der Waals surface area contributed by atoms with Crippen molar-refractivity contribution in [3.05, 3.63) is 111 Å². The smallest absolute Gasteiger partial charge is 0.339 e. The van der Waals surface area contributed by atoms with Crippen molar-refractivity contribution >= 4 is 32.7 Å². The van der Waals surface area contributed by atoms with E-state index in [1.807, 2.05) is 31.3 Å². The van der Waals surface area contributed by atoms with Crippen LogP contribution in [0.25, 0.3) is 16.8 Å². The number of aromatic carboxylic acids is 1. The normalized spacial score (nSPS) is 21.4. The van der Waals surface area contributed by atoms with Gasteiger partial charge in [-0.05, 0) is 54.2 Å². The van der Waals surface area contributed by atoms with Crippen LogP contribution in [-0.2, 0) is 20.0 Å². The SMILES string of the molecule is C[C@H]1Cc2ccc(Br)cc2S(O)(O)N(Cc2cccc(-c3cccc(-n4ncc(C(=O)O)c4[C@@H]4C[C@H]4c4cn(C)nn4)c3)c2F)C1.